The SMILES string of the molecule is c1ccc(-c2cc(-c3cccc(-c4nc(-c5ccccc5)nc(-c5ccc6c(ccc7ccccc76)c5)n4)c3)c3ccccc3c2)cc1. The maximum absolute atomic E-state index is 5.11. The van der Waals surface area contributed by atoms with Crippen LogP contribution in [0.2, 0.25) is 0 Å². The predicted octanol–water partition coefficient (Wildman–Crippen LogP) is 11.7. The number of hydrogen-bond donors (Lipinski definition) is 0. The van der Waals surface area contributed by atoms with Gasteiger partial charge in [-0.15, -0.1) is 0 Å². The van der Waals surface area contributed by atoms with Gasteiger partial charge >= 0.3 is 0 Å². The van der Waals surface area contributed by atoms with E-state index in [0.717, 1.165) is 27.6 Å². The van der Waals surface area contributed by atoms with E-state index in [1.54, 1.807) is 0 Å². The first-order chi connectivity index (χ1) is 23.8. The molecular formula is C45H29N3. The van der Waals surface area contributed by atoms with Gasteiger partial charge in [0.25, 0.3) is 0 Å². The molecular weight excluding hydrogens is 583 g/mol. The highest BCUT2D eigenvalue weighted by molar-refractivity contribution is 6.08. The molecule has 3 heteroatoms. The summed E-state index contributed by atoms with van der Waals surface area (Å²) in [6, 6.07) is 61.8. The Kier molecular flexibility index (Phi) is 6.80. The molecule has 8 aromatic carbocycles. The summed E-state index contributed by atoms with van der Waals surface area (Å²) in [6.07, 6.45) is 0. The summed E-state index contributed by atoms with van der Waals surface area (Å²) in [5.41, 5.74) is 7.51. The molecule has 0 aliphatic rings. The van der Waals surface area contributed by atoms with Crippen LogP contribution in [-0.4, -0.2) is 15.0 Å². The number of hydrogen-bond acceptors (Lipinski definition) is 3. The van der Waals surface area contributed by atoms with Crippen LogP contribution in [0.25, 0.3) is 88.7 Å². The number of benzene rings is 8. The van der Waals surface area contributed by atoms with Crippen molar-refractivity contribution in [1.29, 1.82) is 0 Å². The lowest BCUT2D eigenvalue weighted by molar-refractivity contribution is 1.07. The summed E-state index contributed by atoms with van der Waals surface area (Å²) >= 11 is 0. The van der Waals surface area contributed by atoms with Gasteiger partial charge in [0.15, 0.2) is 17.5 Å². The molecule has 0 saturated carbocycles. The van der Waals surface area contributed by atoms with Crippen molar-refractivity contribution >= 4 is 32.3 Å². The number of nitrogens with zero attached hydrogens (tertiary/aromatic N) is 3. The first kappa shape index (κ1) is 27.8. The molecule has 0 saturated heterocycles. The molecule has 0 N–H and O–H groups in total. The molecule has 0 aliphatic heterocycles. The summed E-state index contributed by atoms with van der Waals surface area (Å²) in [7, 11) is 0. The smallest absolute Gasteiger partial charge is 0.164 e. The lowest BCUT2D eigenvalue weighted by atomic mass is 9.92. The van der Waals surface area contributed by atoms with E-state index in [9.17, 15) is 0 Å². The number of rotatable bonds is 5. The molecule has 1 heterocycles. The van der Waals surface area contributed by atoms with E-state index in [2.05, 4.69) is 146 Å². The Morgan fingerprint density at radius 2 is 0.750 bits per heavy atom. The zero-order chi connectivity index (χ0) is 31.9. The van der Waals surface area contributed by atoms with E-state index in [4.69, 9.17) is 15.0 Å². The zero-order valence-electron chi connectivity index (χ0n) is 26.1. The first-order valence-electron chi connectivity index (χ1n) is 16.2. The van der Waals surface area contributed by atoms with E-state index in [0.29, 0.717) is 17.5 Å². The molecule has 0 atom stereocenters. The quantitative estimate of drug-likeness (QED) is 0.182. The van der Waals surface area contributed by atoms with E-state index in [1.165, 1.54) is 43.6 Å². The van der Waals surface area contributed by atoms with Gasteiger partial charge in [0.2, 0.25) is 0 Å². The third-order valence-corrected chi connectivity index (χ3v) is 9.07. The molecule has 0 unspecified atom stereocenters. The van der Waals surface area contributed by atoms with Gasteiger partial charge in [0.05, 0.1) is 0 Å². The van der Waals surface area contributed by atoms with Gasteiger partial charge in [0.1, 0.15) is 0 Å². The molecule has 0 fully saturated rings. The van der Waals surface area contributed by atoms with Gasteiger partial charge in [-0.05, 0) is 78.8 Å². The van der Waals surface area contributed by atoms with Crippen LogP contribution < -0.4 is 0 Å². The Morgan fingerprint density at radius 1 is 0.250 bits per heavy atom. The van der Waals surface area contributed by atoms with Crippen LogP contribution >= 0.6 is 0 Å². The Bertz CT molecular complexity index is 2610. The second kappa shape index (κ2) is 11.7. The minimum atomic E-state index is 0.642. The largest absolute Gasteiger partial charge is 0.208 e. The molecule has 3 nitrogen and oxygen atoms in total. The summed E-state index contributed by atoms with van der Waals surface area (Å²) in [4.78, 5) is 15.2. The topological polar surface area (TPSA) is 38.7 Å². The van der Waals surface area contributed by atoms with Gasteiger partial charge < -0.3 is 0 Å². The molecule has 0 radical (unpaired) electrons. The summed E-state index contributed by atoms with van der Waals surface area (Å²) < 4.78 is 0. The maximum Gasteiger partial charge on any atom is 0.164 e. The van der Waals surface area contributed by atoms with Gasteiger partial charge in [-0.1, -0.05) is 152 Å². The highest BCUT2D eigenvalue weighted by atomic mass is 15.0. The van der Waals surface area contributed by atoms with E-state index < -0.39 is 0 Å². The van der Waals surface area contributed by atoms with Crippen molar-refractivity contribution in [1.82, 2.24) is 15.0 Å². The van der Waals surface area contributed by atoms with Gasteiger partial charge in [-0.2, -0.15) is 0 Å². The fraction of sp³-hybridized carbons (Fsp3) is 0. The fourth-order valence-corrected chi connectivity index (χ4v) is 6.68. The molecule has 0 amide bonds. The average molecular weight is 612 g/mol. The lowest BCUT2D eigenvalue weighted by Crippen LogP contribution is -2.00. The van der Waals surface area contributed by atoms with Crippen molar-refractivity contribution < 1.29 is 0 Å². The fourth-order valence-electron chi connectivity index (χ4n) is 6.68. The van der Waals surface area contributed by atoms with Crippen LogP contribution in [0, 0.1) is 0 Å². The third kappa shape index (κ3) is 5.08. The Morgan fingerprint density at radius 3 is 1.52 bits per heavy atom. The van der Waals surface area contributed by atoms with Crippen LogP contribution in [0.15, 0.2) is 176 Å². The average Bonchev–Trinajstić information content (AvgIpc) is 3.17. The van der Waals surface area contributed by atoms with E-state index >= 15 is 0 Å². The standard InChI is InChI=1S/C45H29N3/c1-3-12-30(13-4-1)38-28-33-17-8-10-21-40(33)42(29-38)34-18-11-19-36(26-34)44-46-43(32-15-5-2-6-16-32)47-45(48-44)37-24-25-41-35(27-37)23-22-31-14-7-9-20-39(31)41/h1-29H. The molecule has 9 rings (SSSR count). The molecule has 224 valence electrons. The van der Waals surface area contributed by atoms with Crippen molar-refractivity contribution in [3.8, 4) is 56.4 Å². The third-order valence-electron chi connectivity index (χ3n) is 9.07. The summed E-state index contributed by atoms with van der Waals surface area (Å²) in [5, 5.41) is 7.25. The van der Waals surface area contributed by atoms with Crippen LogP contribution in [0.3, 0.4) is 0 Å². The van der Waals surface area contributed by atoms with Crippen LogP contribution in [0.1, 0.15) is 0 Å². The monoisotopic (exact) mass is 611 g/mol. The van der Waals surface area contributed by atoms with Crippen molar-refractivity contribution in [2.24, 2.45) is 0 Å². The molecule has 0 bridgehead atoms. The number of aromatic nitrogens is 3. The van der Waals surface area contributed by atoms with Crippen molar-refractivity contribution in [2.45, 2.75) is 0 Å². The number of fused-ring (bicyclic) bond motifs is 4. The Balaban J connectivity index is 1.21. The molecule has 48 heavy (non-hydrogen) atoms. The van der Waals surface area contributed by atoms with Crippen molar-refractivity contribution in [3.63, 3.8) is 0 Å². The normalized spacial score (nSPS) is 11.3. The molecule has 9 aromatic rings. The maximum atomic E-state index is 5.11. The van der Waals surface area contributed by atoms with Gasteiger partial charge in [0, 0.05) is 16.7 Å². The second-order valence-corrected chi connectivity index (χ2v) is 12.1. The lowest BCUT2D eigenvalue weighted by Gasteiger charge is -2.13. The van der Waals surface area contributed by atoms with Crippen molar-refractivity contribution in [3.05, 3.63) is 176 Å². The zero-order valence-corrected chi connectivity index (χ0v) is 26.1. The van der Waals surface area contributed by atoms with Crippen LogP contribution in [0.5, 0.6) is 0 Å². The first-order valence-corrected chi connectivity index (χ1v) is 16.2. The highest BCUT2D eigenvalue weighted by Gasteiger charge is 2.15. The molecule has 0 aliphatic carbocycles. The van der Waals surface area contributed by atoms with Crippen molar-refractivity contribution in [2.75, 3.05) is 0 Å². The van der Waals surface area contributed by atoms with Gasteiger partial charge in [-0.3, -0.25) is 0 Å². The molecule has 0 spiro atoms. The Hall–Kier alpha value is -6.45. The summed E-state index contributed by atoms with van der Waals surface area (Å²) in [5.74, 6) is 1.94. The van der Waals surface area contributed by atoms with Gasteiger partial charge in [-0.25, -0.2) is 15.0 Å². The Labute approximate surface area is 278 Å². The van der Waals surface area contributed by atoms with E-state index in [1.807, 2.05) is 30.3 Å². The minimum Gasteiger partial charge on any atom is -0.208 e. The van der Waals surface area contributed by atoms with Crippen LogP contribution in [0.4, 0.5) is 0 Å². The second-order valence-electron chi connectivity index (χ2n) is 12.1. The van der Waals surface area contributed by atoms with E-state index in [-0.39, 0.29) is 0 Å². The minimum absolute atomic E-state index is 0.642. The summed E-state index contributed by atoms with van der Waals surface area (Å²) in [6.45, 7) is 0. The highest BCUT2D eigenvalue weighted by Crippen LogP contribution is 2.36. The molecule has 1 aromatic heterocycles. The van der Waals surface area contributed by atoms with Crippen LogP contribution in [-0.2, 0) is 0 Å². The predicted molar refractivity (Wildman–Crippen MR) is 200 cm³/mol.